The topological polar surface area (TPSA) is 73.8 Å². The number of pyridine rings is 1. The molecule has 0 atom stereocenters. The SMILES string of the molecule is Cc1cnc(-n2nc(Br)cc2-c2nc3c(Cl)cc(Cl)cc3c(=O)o2)c(Cl)c1. The van der Waals surface area contributed by atoms with Crippen molar-refractivity contribution in [3.8, 4) is 17.4 Å². The maximum Gasteiger partial charge on any atom is 0.347 e. The van der Waals surface area contributed by atoms with Crippen molar-refractivity contribution in [2.24, 2.45) is 0 Å². The molecule has 3 aromatic heterocycles. The molecule has 0 amide bonds. The van der Waals surface area contributed by atoms with E-state index in [2.05, 4.69) is 31.0 Å². The standard InChI is InChI=1S/C17H8BrCl3N4O2/c1-7-2-11(21)15(22-6-7)25-12(5-13(18)24-25)16-23-14-9(17(26)27-16)3-8(19)4-10(14)20/h2-6H,1H3. The molecule has 4 aromatic rings. The zero-order valence-electron chi connectivity index (χ0n) is 13.5. The van der Waals surface area contributed by atoms with Crippen LogP contribution in [0.15, 0.2) is 44.3 Å². The van der Waals surface area contributed by atoms with Gasteiger partial charge in [0.25, 0.3) is 0 Å². The van der Waals surface area contributed by atoms with Gasteiger partial charge in [0.2, 0.25) is 5.89 Å². The van der Waals surface area contributed by atoms with Gasteiger partial charge in [-0.3, -0.25) is 0 Å². The summed E-state index contributed by atoms with van der Waals surface area (Å²) in [5.74, 6) is 0.392. The minimum absolute atomic E-state index is 0.0216. The van der Waals surface area contributed by atoms with Crippen LogP contribution in [0.3, 0.4) is 0 Å². The molecule has 0 unspecified atom stereocenters. The molecule has 3 heterocycles. The lowest BCUT2D eigenvalue weighted by molar-refractivity contribution is 0.513. The molecule has 0 N–H and O–H groups in total. The Morgan fingerprint density at radius 1 is 1.11 bits per heavy atom. The molecular weight excluding hydrogens is 478 g/mol. The predicted molar refractivity (Wildman–Crippen MR) is 108 cm³/mol. The number of aryl methyl sites for hydroxylation is 1. The van der Waals surface area contributed by atoms with E-state index in [4.69, 9.17) is 39.2 Å². The fourth-order valence-electron chi connectivity index (χ4n) is 2.56. The van der Waals surface area contributed by atoms with Crippen LogP contribution in [0.2, 0.25) is 15.1 Å². The monoisotopic (exact) mass is 484 g/mol. The van der Waals surface area contributed by atoms with Crippen LogP contribution in [0.1, 0.15) is 5.56 Å². The first-order chi connectivity index (χ1) is 12.8. The van der Waals surface area contributed by atoms with Crippen molar-refractivity contribution in [1.29, 1.82) is 0 Å². The van der Waals surface area contributed by atoms with E-state index in [0.29, 0.717) is 26.2 Å². The van der Waals surface area contributed by atoms with Crippen LogP contribution in [0.5, 0.6) is 0 Å². The van der Waals surface area contributed by atoms with E-state index < -0.39 is 5.63 Å². The van der Waals surface area contributed by atoms with Gasteiger partial charge in [-0.15, -0.1) is 0 Å². The van der Waals surface area contributed by atoms with Gasteiger partial charge in [-0.2, -0.15) is 5.10 Å². The molecule has 0 fully saturated rings. The van der Waals surface area contributed by atoms with Crippen molar-refractivity contribution < 1.29 is 4.42 Å². The van der Waals surface area contributed by atoms with Crippen molar-refractivity contribution >= 4 is 61.6 Å². The van der Waals surface area contributed by atoms with Crippen LogP contribution in [0.25, 0.3) is 28.3 Å². The Morgan fingerprint density at radius 3 is 2.63 bits per heavy atom. The molecule has 6 nitrogen and oxygen atoms in total. The first kappa shape index (κ1) is 18.4. The molecular formula is C17H8BrCl3N4O2. The number of hydrogen-bond acceptors (Lipinski definition) is 5. The third-order valence-electron chi connectivity index (χ3n) is 3.71. The molecule has 27 heavy (non-hydrogen) atoms. The molecule has 0 aliphatic rings. The molecule has 0 aliphatic carbocycles. The van der Waals surface area contributed by atoms with Crippen molar-refractivity contribution in [3.63, 3.8) is 0 Å². The summed E-state index contributed by atoms with van der Waals surface area (Å²) in [5, 5.41) is 5.46. The minimum atomic E-state index is -0.619. The van der Waals surface area contributed by atoms with E-state index >= 15 is 0 Å². The van der Waals surface area contributed by atoms with E-state index in [1.165, 1.54) is 16.8 Å². The van der Waals surface area contributed by atoms with E-state index in [1.54, 1.807) is 18.3 Å². The molecule has 0 aliphatic heterocycles. The van der Waals surface area contributed by atoms with E-state index in [1.807, 2.05) is 6.92 Å². The normalized spacial score (nSPS) is 11.3. The quantitative estimate of drug-likeness (QED) is 0.376. The number of nitrogens with zero attached hydrogens (tertiary/aromatic N) is 4. The summed E-state index contributed by atoms with van der Waals surface area (Å²) in [6.45, 7) is 1.87. The van der Waals surface area contributed by atoms with Gasteiger partial charge in [0.15, 0.2) is 5.82 Å². The lowest BCUT2D eigenvalue weighted by Crippen LogP contribution is -2.07. The van der Waals surface area contributed by atoms with Crippen LogP contribution in [-0.2, 0) is 0 Å². The Labute approximate surface area is 175 Å². The molecule has 0 spiro atoms. The largest absolute Gasteiger partial charge is 0.401 e. The Morgan fingerprint density at radius 2 is 1.89 bits per heavy atom. The number of benzene rings is 1. The highest BCUT2D eigenvalue weighted by atomic mass is 79.9. The summed E-state index contributed by atoms with van der Waals surface area (Å²) >= 11 is 21.8. The van der Waals surface area contributed by atoms with Crippen LogP contribution >= 0.6 is 50.7 Å². The molecule has 0 saturated heterocycles. The molecule has 10 heteroatoms. The van der Waals surface area contributed by atoms with E-state index in [-0.39, 0.29) is 21.8 Å². The predicted octanol–water partition coefficient (Wildman–Crippen LogP) is 5.47. The first-order valence-corrected chi connectivity index (χ1v) is 9.44. The highest BCUT2D eigenvalue weighted by Gasteiger charge is 2.20. The number of fused-ring (bicyclic) bond motifs is 1. The summed E-state index contributed by atoms with van der Waals surface area (Å²) in [7, 11) is 0. The Kier molecular flexibility index (Phi) is 4.71. The van der Waals surface area contributed by atoms with Gasteiger partial charge in [0, 0.05) is 17.3 Å². The van der Waals surface area contributed by atoms with Gasteiger partial charge >= 0.3 is 5.63 Å². The van der Waals surface area contributed by atoms with Crippen molar-refractivity contribution in [2.45, 2.75) is 6.92 Å². The maximum atomic E-state index is 12.4. The number of aromatic nitrogens is 4. The van der Waals surface area contributed by atoms with Gasteiger partial charge in [0.05, 0.1) is 15.4 Å². The Hall–Kier alpha value is -1.93. The average Bonchev–Trinajstić information content (AvgIpc) is 2.97. The molecule has 0 radical (unpaired) electrons. The van der Waals surface area contributed by atoms with Crippen LogP contribution in [0.4, 0.5) is 0 Å². The number of halogens is 4. The Bertz CT molecular complexity index is 1270. The summed E-state index contributed by atoms with van der Waals surface area (Å²) < 4.78 is 7.32. The second kappa shape index (κ2) is 6.91. The van der Waals surface area contributed by atoms with E-state index in [9.17, 15) is 4.79 Å². The molecule has 0 bridgehead atoms. The average molecular weight is 487 g/mol. The van der Waals surface area contributed by atoms with Crippen LogP contribution in [-0.4, -0.2) is 19.7 Å². The summed E-state index contributed by atoms with van der Waals surface area (Å²) in [6.07, 6.45) is 1.66. The highest BCUT2D eigenvalue weighted by Crippen LogP contribution is 2.30. The lowest BCUT2D eigenvalue weighted by atomic mass is 10.2. The Balaban J connectivity index is 1.99. The van der Waals surface area contributed by atoms with Crippen LogP contribution < -0.4 is 5.63 Å². The van der Waals surface area contributed by atoms with Gasteiger partial charge in [-0.05, 0) is 46.6 Å². The third kappa shape index (κ3) is 3.36. The van der Waals surface area contributed by atoms with Gasteiger partial charge in [0.1, 0.15) is 15.8 Å². The highest BCUT2D eigenvalue weighted by molar-refractivity contribution is 9.10. The third-order valence-corrected chi connectivity index (χ3v) is 4.88. The maximum absolute atomic E-state index is 12.4. The first-order valence-electron chi connectivity index (χ1n) is 7.52. The summed E-state index contributed by atoms with van der Waals surface area (Å²) in [5.41, 5.74) is 0.936. The van der Waals surface area contributed by atoms with Crippen LogP contribution in [0, 0.1) is 6.92 Å². The van der Waals surface area contributed by atoms with Crippen molar-refractivity contribution in [2.75, 3.05) is 0 Å². The molecule has 1 aromatic carbocycles. The van der Waals surface area contributed by atoms with Gasteiger partial charge < -0.3 is 4.42 Å². The fourth-order valence-corrected chi connectivity index (χ4v) is 3.77. The second-order valence-electron chi connectivity index (χ2n) is 5.67. The van der Waals surface area contributed by atoms with Crippen molar-refractivity contribution in [3.05, 3.63) is 66.1 Å². The van der Waals surface area contributed by atoms with Gasteiger partial charge in [-0.1, -0.05) is 34.8 Å². The minimum Gasteiger partial charge on any atom is -0.401 e. The number of hydrogen-bond donors (Lipinski definition) is 0. The zero-order valence-corrected chi connectivity index (χ0v) is 17.4. The van der Waals surface area contributed by atoms with Crippen molar-refractivity contribution in [1.82, 2.24) is 19.7 Å². The number of rotatable bonds is 2. The fraction of sp³-hybridized carbons (Fsp3) is 0.0588. The lowest BCUT2D eigenvalue weighted by Gasteiger charge is -2.08. The molecule has 136 valence electrons. The summed E-state index contributed by atoms with van der Waals surface area (Å²) in [4.78, 5) is 21.1. The molecule has 4 rings (SSSR count). The smallest absolute Gasteiger partial charge is 0.347 e. The zero-order chi connectivity index (χ0) is 19.3. The van der Waals surface area contributed by atoms with E-state index in [0.717, 1.165) is 5.56 Å². The van der Waals surface area contributed by atoms with Gasteiger partial charge in [-0.25, -0.2) is 19.4 Å². The second-order valence-corrected chi connectivity index (χ2v) is 7.74. The summed E-state index contributed by atoms with van der Waals surface area (Å²) in [6, 6.07) is 6.36. The molecule has 0 saturated carbocycles.